The van der Waals surface area contributed by atoms with Crippen molar-refractivity contribution in [3.63, 3.8) is 0 Å². The molecular formula is C9H19N3O2S. The molecule has 4 N–H and O–H groups in total. The van der Waals surface area contributed by atoms with Gasteiger partial charge in [-0.3, -0.25) is 0 Å². The van der Waals surface area contributed by atoms with Crippen molar-refractivity contribution in [2.45, 2.75) is 38.1 Å². The number of hydrogen-bond donors (Lipinski definition) is 3. The molecule has 0 radical (unpaired) electrons. The molecule has 0 aromatic heterocycles. The molecule has 0 saturated heterocycles. The maximum Gasteiger partial charge on any atom is 0.277 e. The van der Waals surface area contributed by atoms with Gasteiger partial charge < -0.3 is 5.73 Å². The molecule has 2 aliphatic carbocycles. The van der Waals surface area contributed by atoms with E-state index >= 15 is 0 Å². The van der Waals surface area contributed by atoms with Crippen molar-refractivity contribution >= 4 is 10.2 Å². The van der Waals surface area contributed by atoms with Crippen LogP contribution in [0.25, 0.3) is 0 Å². The van der Waals surface area contributed by atoms with Crippen molar-refractivity contribution in [1.29, 1.82) is 0 Å². The van der Waals surface area contributed by atoms with Gasteiger partial charge in [0.1, 0.15) is 0 Å². The second-order valence-corrected chi connectivity index (χ2v) is 6.29. The van der Waals surface area contributed by atoms with Crippen molar-refractivity contribution in [1.82, 2.24) is 9.44 Å². The highest BCUT2D eigenvalue weighted by molar-refractivity contribution is 7.87. The highest BCUT2D eigenvalue weighted by Gasteiger charge is 2.42. The second-order valence-electron chi connectivity index (χ2n) is 4.76. The Kier molecular flexibility index (Phi) is 3.03. The fourth-order valence-electron chi connectivity index (χ4n) is 1.71. The molecule has 0 spiro atoms. The van der Waals surface area contributed by atoms with Crippen molar-refractivity contribution in [2.24, 2.45) is 11.1 Å². The van der Waals surface area contributed by atoms with Crippen LogP contribution in [-0.4, -0.2) is 27.5 Å². The van der Waals surface area contributed by atoms with E-state index in [1.807, 2.05) is 0 Å². The van der Waals surface area contributed by atoms with E-state index in [-0.39, 0.29) is 11.5 Å². The highest BCUT2D eigenvalue weighted by Crippen LogP contribution is 2.47. The van der Waals surface area contributed by atoms with E-state index in [9.17, 15) is 8.42 Å². The average Bonchev–Trinajstić information content (AvgIpc) is 3.00. The molecule has 6 heteroatoms. The Morgan fingerprint density at radius 3 is 2.47 bits per heavy atom. The third kappa shape index (κ3) is 3.41. The molecule has 0 aliphatic heterocycles. The average molecular weight is 233 g/mol. The summed E-state index contributed by atoms with van der Waals surface area (Å²) in [6.45, 7) is 1.17. The molecule has 0 amide bonds. The van der Waals surface area contributed by atoms with Gasteiger partial charge >= 0.3 is 0 Å². The molecule has 0 atom stereocenters. The summed E-state index contributed by atoms with van der Waals surface area (Å²) in [5, 5.41) is 0. The summed E-state index contributed by atoms with van der Waals surface area (Å²) < 4.78 is 28.2. The van der Waals surface area contributed by atoms with Gasteiger partial charge in [-0.1, -0.05) is 0 Å². The van der Waals surface area contributed by atoms with E-state index in [1.165, 1.54) is 0 Å². The van der Waals surface area contributed by atoms with E-state index in [4.69, 9.17) is 5.73 Å². The smallest absolute Gasteiger partial charge is 0.277 e. The Balaban J connectivity index is 1.76. The van der Waals surface area contributed by atoms with Crippen LogP contribution in [0.1, 0.15) is 32.1 Å². The summed E-state index contributed by atoms with van der Waals surface area (Å²) in [7, 11) is -3.27. The first-order valence-electron chi connectivity index (χ1n) is 5.52. The molecule has 0 unspecified atom stereocenters. The van der Waals surface area contributed by atoms with Gasteiger partial charge in [-0.05, 0) is 44.1 Å². The zero-order valence-corrected chi connectivity index (χ0v) is 9.65. The Bertz CT molecular complexity index is 320. The Hall–Kier alpha value is -0.170. The molecule has 15 heavy (non-hydrogen) atoms. The number of nitrogens with two attached hydrogens (primary N) is 1. The SMILES string of the molecule is NCCC1(CNS(=O)(=O)NC2CC2)CC1. The molecule has 0 aromatic rings. The van der Waals surface area contributed by atoms with Crippen LogP contribution in [0.2, 0.25) is 0 Å². The minimum atomic E-state index is -3.27. The van der Waals surface area contributed by atoms with Gasteiger partial charge in [0.05, 0.1) is 0 Å². The molecule has 0 heterocycles. The molecule has 88 valence electrons. The largest absolute Gasteiger partial charge is 0.330 e. The minimum absolute atomic E-state index is 0.160. The monoisotopic (exact) mass is 233 g/mol. The molecular weight excluding hydrogens is 214 g/mol. The van der Waals surface area contributed by atoms with Gasteiger partial charge in [0.15, 0.2) is 0 Å². The first-order chi connectivity index (χ1) is 7.05. The van der Waals surface area contributed by atoms with E-state index in [1.54, 1.807) is 0 Å². The highest BCUT2D eigenvalue weighted by atomic mass is 32.2. The first kappa shape index (κ1) is 11.3. The molecule has 5 nitrogen and oxygen atoms in total. The first-order valence-corrected chi connectivity index (χ1v) is 7.01. The zero-order chi connectivity index (χ0) is 10.9. The van der Waals surface area contributed by atoms with Gasteiger partial charge in [-0.15, -0.1) is 0 Å². The van der Waals surface area contributed by atoms with Crippen LogP contribution < -0.4 is 15.2 Å². The van der Waals surface area contributed by atoms with Gasteiger partial charge in [0.2, 0.25) is 0 Å². The topological polar surface area (TPSA) is 84.2 Å². The van der Waals surface area contributed by atoms with E-state index in [0.717, 1.165) is 32.1 Å². The third-order valence-corrected chi connectivity index (χ3v) is 4.34. The van der Waals surface area contributed by atoms with Crippen molar-refractivity contribution < 1.29 is 8.42 Å². The van der Waals surface area contributed by atoms with E-state index < -0.39 is 10.2 Å². The number of rotatable bonds is 7. The lowest BCUT2D eigenvalue weighted by Crippen LogP contribution is -2.40. The fraction of sp³-hybridized carbons (Fsp3) is 1.00. The van der Waals surface area contributed by atoms with Crippen LogP contribution in [0.5, 0.6) is 0 Å². The Morgan fingerprint density at radius 1 is 1.33 bits per heavy atom. The van der Waals surface area contributed by atoms with Crippen LogP contribution in [-0.2, 0) is 10.2 Å². The normalized spacial score (nSPS) is 24.1. The van der Waals surface area contributed by atoms with Gasteiger partial charge in [-0.25, -0.2) is 4.72 Å². The number of hydrogen-bond acceptors (Lipinski definition) is 3. The minimum Gasteiger partial charge on any atom is -0.330 e. The maximum atomic E-state index is 11.5. The van der Waals surface area contributed by atoms with Gasteiger partial charge in [0.25, 0.3) is 10.2 Å². The molecule has 2 rings (SSSR count). The molecule has 2 saturated carbocycles. The van der Waals surface area contributed by atoms with Gasteiger partial charge in [-0.2, -0.15) is 13.1 Å². The van der Waals surface area contributed by atoms with Crippen molar-refractivity contribution in [3.8, 4) is 0 Å². The van der Waals surface area contributed by atoms with Gasteiger partial charge in [0, 0.05) is 12.6 Å². The van der Waals surface area contributed by atoms with Crippen molar-refractivity contribution in [3.05, 3.63) is 0 Å². The van der Waals surface area contributed by atoms with Crippen LogP contribution in [0, 0.1) is 5.41 Å². The summed E-state index contributed by atoms with van der Waals surface area (Å²) in [5.41, 5.74) is 5.65. The predicted molar refractivity (Wildman–Crippen MR) is 58.4 cm³/mol. The lowest BCUT2D eigenvalue weighted by Gasteiger charge is -2.15. The molecule has 0 aromatic carbocycles. The van der Waals surface area contributed by atoms with Crippen LogP contribution in [0.15, 0.2) is 0 Å². The summed E-state index contributed by atoms with van der Waals surface area (Å²) in [4.78, 5) is 0. The molecule has 0 bridgehead atoms. The quantitative estimate of drug-likeness (QED) is 0.564. The summed E-state index contributed by atoms with van der Waals surface area (Å²) in [5.74, 6) is 0. The van der Waals surface area contributed by atoms with E-state index in [2.05, 4.69) is 9.44 Å². The lowest BCUT2D eigenvalue weighted by molar-refractivity contribution is 0.458. The Morgan fingerprint density at radius 2 is 2.00 bits per heavy atom. The fourth-order valence-corrected chi connectivity index (χ4v) is 2.96. The van der Waals surface area contributed by atoms with Crippen LogP contribution >= 0.6 is 0 Å². The summed E-state index contributed by atoms with van der Waals surface area (Å²) in [6, 6.07) is 0.173. The molecule has 2 fully saturated rings. The standard InChI is InChI=1S/C9H19N3O2S/c10-6-5-9(3-4-9)7-11-15(13,14)12-8-1-2-8/h8,11-12H,1-7,10H2. The second kappa shape index (κ2) is 4.01. The predicted octanol–water partition coefficient (Wildman–Crippen LogP) is -0.298. The van der Waals surface area contributed by atoms with Crippen LogP contribution in [0.4, 0.5) is 0 Å². The van der Waals surface area contributed by atoms with Crippen molar-refractivity contribution in [2.75, 3.05) is 13.1 Å². The summed E-state index contributed by atoms with van der Waals surface area (Å²) >= 11 is 0. The number of nitrogens with one attached hydrogen (secondary N) is 2. The van der Waals surface area contributed by atoms with Crippen LogP contribution in [0.3, 0.4) is 0 Å². The maximum absolute atomic E-state index is 11.5. The summed E-state index contributed by atoms with van der Waals surface area (Å²) in [6.07, 6.45) is 5.04. The van der Waals surface area contributed by atoms with E-state index in [0.29, 0.717) is 13.1 Å². The Labute approximate surface area is 91.0 Å². The molecule has 2 aliphatic rings. The zero-order valence-electron chi connectivity index (χ0n) is 8.83. The third-order valence-electron chi connectivity index (χ3n) is 3.17. The lowest BCUT2D eigenvalue weighted by atomic mass is 10.0.